The smallest absolute Gasteiger partial charge is 0.128 e. The van der Waals surface area contributed by atoms with E-state index in [1.165, 1.54) is 11.1 Å². The average molecular weight is 311 g/mol. The largest absolute Gasteiger partial charge is 0.381 e. The minimum atomic E-state index is 0.570. The lowest BCUT2D eigenvalue weighted by atomic mass is 10.0. The second-order valence-corrected chi connectivity index (χ2v) is 6.25. The van der Waals surface area contributed by atoms with Gasteiger partial charge in [-0.1, -0.05) is 32.0 Å². The van der Waals surface area contributed by atoms with Crippen LogP contribution < -0.4 is 10.2 Å². The van der Waals surface area contributed by atoms with E-state index >= 15 is 0 Å². The lowest BCUT2D eigenvalue weighted by Crippen LogP contribution is -2.36. The molecular weight excluding hydrogens is 286 g/mol. The van der Waals surface area contributed by atoms with E-state index < -0.39 is 0 Å². The van der Waals surface area contributed by atoms with E-state index in [1.54, 1.807) is 0 Å². The molecule has 3 rings (SSSR count). The zero-order valence-corrected chi connectivity index (χ0v) is 14.0. The molecule has 0 aliphatic carbocycles. The van der Waals surface area contributed by atoms with Gasteiger partial charge < -0.3 is 15.0 Å². The van der Waals surface area contributed by atoms with E-state index in [-0.39, 0.29) is 0 Å². The number of nitrogens with zero attached hydrogens (tertiary/aromatic N) is 2. The van der Waals surface area contributed by atoms with Crippen molar-refractivity contribution in [2.75, 3.05) is 36.5 Å². The lowest BCUT2D eigenvalue weighted by Gasteiger charge is -2.27. The minimum absolute atomic E-state index is 0.570. The van der Waals surface area contributed by atoms with Gasteiger partial charge >= 0.3 is 0 Å². The molecule has 0 bridgehead atoms. The fraction of sp³-hybridized carbons (Fsp3) is 0.421. The Bertz CT molecular complexity index is 602. The van der Waals surface area contributed by atoms with Crippen LogP contribution in [0.3, 0.4) is 0 Å². The summed E-state index contributed by atoms with van der Waals surface area (Å²) in [4.78, 5) is 6.85. The Morgan fingerprint density at radius 3 is 2.43 bits per heavy atom. The number of pyridine rings is 1. The highest BCUT2D eigenvalue weighted by atomic mass is 16.5. The first-order valence-corrected chi connectivity index (χ1v) is 8.34. The first kappa shape index (κ1) is 15.8. The summed E-state index contributed by atoms with van der Waals surface area (Å²) in [6.45, 7) is 8.64. The normalized spacial score (nSPS) is 15.0. The number of hydrogen-bond donors (Lipinski definition) is 1. The minimum Gasteiger partial charge on any atom is -0.381 e. The molecule has 2 heterocycles. The third-order valence-corrected chi connectivity index (χ3v) is 4.22. The molecule has 1 N–H and O–H groups in total. The van der Waals surface area contributed by atoms with Crippen molar-refractivity contribution < 1.29 is 4.74 Å². The Balaban J connectivity index is 1.55. The van der Waals surface area contributed by atoms with Crippen LogP contribution in [0.1, 0.15) is 30.9 Å². The fourth-order valence-corrected chi connectivity index (χ4v) is 2.69. The maximum atomic E-state index is 5.38. The average Bonchev–Trinajstić information content (AvgIpc) is 2.61. The number of benzene rings is 1. The van der Waals surface area contributed by atoms with Crippen LogP contribution in [-0.2, 0) is 11.3 Å². The Morgan fingerprint density at radius 1 is 1.09 bits per heavy atom. The van der Waals surface area contributed by atoms with Gasteiger partial charge in [-0.2, -0.15) is 0 Å². The molecule has 0 radical (unpaired) electrons. The fourth-order valence-electron chi connectivity index (χ4n) is 2.69. The molecule has 1 saturated heterocycles. The first-order chi connectivity index (χ1) is 11.2. The third-order valence-electron chi connectivity index (χ3n) is 4.22. The van der Waals surface area contributed by atoms with Gasteiger partial charge in [0.15, 0.2) is 0 Å². The molecule has 1 fully saturated rings. The van der Waals surface area contributed by atoms with Crippen LogP contribution in [0.5, 0.6) is 0 Å². The van der Waals surface area contributed by atoms with Gasteiger partial charge in [-0.15, -0.1) is 0 Å². The Morgan fingerprint density at radius 2 is 1.83 bits per heavy atom. The molecule has 2 aromatic rings. The van der Waals surface area contributed by atoms with Gasteiger partial charge in [0, 0.05) is 31.5 Å². The first-order valence-electron chi connectivity index (χ1n) is 8.34. The Hall–Kier alpha value is -2.07. The van der Waals surface area contributed by atoms with Gasteiger partial charge in [-0.3, -0.25) is 0 Å². The van der Waals surface area contributed by atoms with Crippen LogP contribution in [-0.4, -0.2) is 31.3 Å². The quantitative estimate of drug-likeness (QED) is 0.914. The zero-order chi connectivity index (χ0) is 16.1. The predicted molar refractivity (Wildman–Crippen MR) is 95.1 cm³/mol. The molecule has 1 aliphatic rings. The van der Waals surface area contributed by atoms with E-state index in [0.717, 1.165) is 44.4 Å². The maximum Gasteiger partial charge on any atom is 0.128 e. The van der Waals surface area contributed by atoms with Gasteiger partial charge in [0.1, 0.15) is 5.82 Å². The number of rotatable bonds is 5. The number of aromatic nitrogens is 1. The summed E-state index contributed by atoms with van der Waals surface area (Å²) in [5, 5.41) is 3.45. The molecule has 0 saturated carbocycles. The molecule has 0 spiro atoms. The molecule has 0 atom stereocenters. The second kappa shape index (κ2) is 7.47. The van der Waals surface area contributed by atoms with Gasteiger partial charge in [0.25, 0.3) is 0 Å². The van der Waals surface area contributed by atoms with Crippen molar-refractivity contribution in [3.63, 3.8) is 0 Å². The van der Waals surface area contributed by atoms with Crippen LogP contribution in [0.4, 0.5) is 11.5 Å². The molecule has 4 nitrogen and oxygen atoms in total. The van der Waals surface area contributed by atoms with Crippen molar-refractivity contribution >= 4 is 11.5 Å². The van der Waals surface area contributed by atoms with E-state index in [0.29, 0.717) is 5.92 Å². The van der Waals surface area contributed by atoms with E-state index in [2.05, 4.69) is 65.4 Å². The van der Waals surface area contributed by atoms with Crippen LogP contribution in [0, 0.1) is 0 Å². The van der Waals surface area contributed by atoms with E-state index in [1.807, 2.05) is 6.20 Å². The summed E-state index contributed by atoms with van der Waals surface area (Å²) in [5.41, 5.74) is 3.70. The molecule has 1 aliphatic heterocycles. The Labute approximate surface area is 138 Å². The number of ether oxygens (including phenoxy) is 1. The molecule has 122 valence electrons. The van der Waals surface area contributed by atoms with Gasteiger partial charge in [0.05, 0.1) is 13.2 Å². The predicted octanol–water partition coefficient (Wildman–Crippen LogP) is 3.65. The zero-order valence-electron chi connectivity index (χ0n) is 14.0. The van der Waals surface area contributed by atoms with Crippen molar-refractivity contribution in [2.24, 2.45) is 0 Å². The van der Waals surface area contributed by atoms with Gasteiger partial charge in [-0.05, 0) is 35.2 Å². The molecule has 1 aromatic heterocycles. The summed E-state index contributed by atoms with van der Waals surface area (Å²) < 4.78 is 5.38. The highest BCUT2D eigenvalue weighted by Gasteiger charge is 2.11. The van der Waals surface area contributed by atoms with Crippen molar-refractivity contribution in [1.82, 2.24) is 4.98 Å². The van der Waals surface area contributed by atoms with Gasteiger partial charge in [0.2, 0.25) is 0 Å². The molecule has 0 amide bonds. The van der Waals surface area contributed by atoms with Gasteiger partial charge in [-0.25, -0.2) is 4.98 Å². The summed E-state index contributed by atoms with van der Waals surface area (Å²) in [6, 6.07) is 12.9. The number of hydrogen-bond acceptors (Lipinski definition) is 4. The SMILES string of the molecule is CC(C)c1ccc(NCc2ccc(N3CCOCC3)nc2)cc1. The third kappa shape index (κ3) is 4.23. The molecular formula is C19H25N3O. The summed E-state index contributed by atoms with van der Waals surface area (Å²) in [6.07, 6.45) is 1.96. The number of nitrogens with one attached hydrogen (secondary N) is 1. The highest BCUT2D eigenvalue weighted by Crippen LogP contribution is 2.18. The summed E-state index contributed by atoms with van der Waals surface area (Å²) in [7, 11) is 0. The lowest BCUT2D eigenvalue weighted by molar-refractivity contribution is 0.122. The van der Waals surface area contributed by atoms with Crippen LogP contribution >= 0.6 is 0 Å². The standard InChI is InChI=1S/C19H25N3O/c1-15(2)17-4-6-18(7-5-17)20-13-16-3-8-19(21-14-16)22-9-11-23-12-10-22/h3-8,14-15,20H,9-13H2,1-2H3. The topological polar surface area (TPSA) is 37.4 Å². The summed E-state index contributed by atoms with van der Waals surface area (Å²) in [5.74, 6) is 1.61. The van der Waals surface area contributed by atoms with Crippen molar-refractivity contribution in [2.45, 2.75) is 26.3 Å². The van der Waals surface area contributed by atoms with Crippen molar-refractivity contribution in [1.29, 1.82) is 0 Å². The number of anilines is 2. The van der Waals surface area contributed by atoms with E-state index in [4.69, 9.17) is 4.74 Å². The van der Waals surface area contributed by atoms with Crippen molar-refractivity contribution in [3.05, 3.63) is 53.7 Å². The van der Waals surface area contributed by atoms with Crippen LogP contribution in [0.25, 0.3) is 0 Å². The highest BCUT2D eigenvalue weighted by molar-refractivity contribution is 5.46. The molecule has 0 unspecified atom stereocenters. The van der Waals surface area contributed by atoms with Crippen LogP contribution in [0.15, 0.2) is 42.6 Å². The maximum absolute atomic E-state index is 5.38. The Kier molecular flexibility index (Phi) is 5.13. The molecule has 4 heteroatoms. The molecule has 1 aromatic carbocycles. The molecule has 23 heavy (non-hydrogen) atoms. The monoisotopic (exact) mass is 311 g/mol. The number of morpholine rings is 1. The van der Waals surface area contributed by atoms with Crippen molar-refractivity contribution in [3.8, 4) is 0 Å². The van der Waals surface area contributed by atoms with Crippen LogP contribution in [0.2, 0.25) is 0 Å². The summed E-state index contributed by atoms with van der Waals surface area (Å²) >= 11 is 0. The van der Waals surface area contributed by atoms with E-state index in [9.17, 15) is 0 Å². The second-order valence-electron chi connectivity index (χ2n) is 6.25.